The normalized spacial score (nSPS) is 18.7. The summed E-state index contributed by atoms with van der Waals surface area (Å²) < 4.78 is 31.8. The first-order valence-corrected chi connectivity index (χ1v) is 17.1. The van der Waals surface area contributed by atoms with Crippen molar-refractivity contribution >= 4 is 29.8 Å². The van der Waals surface area contributed by atoms with Gasteiger partial charge in [0.05, 0.1) is 35.1 Å². The molecule has 2 aliphatic rings. The molecule has 0 radical (unpaired) electrons. The van der Waals surface area contributed by atoms with Crippen molar-refractivity contribution in [2.45, 2.75) is 70.5 Å². The summed E-state index contributed by atoms with van der Waals surface area (Å²) in [6.45, 7) is -0.476. The highest BCUT2D eigenvalue weighted by Gasteiger charge is 2.31. The molecule has 0 bridgehead atoms. The predicted molar refractivity (Wildman–Crippen MR) is 174 cm³/mol. The zero-order valence-electron chi connectivity index (χ0n) is 27.8. The molecule has 2 aliphatic carbocycles. The lowest BCUT2D eigenvalue weighted by Crippen LogP contribution is -2.29. The minimum atomic E-state index is -1.17. The Morgan fingerprint density at radius 3 is 1.65 bits per heavy atom. The second-order valence-electron chi connectivity index (χ2n) is 12.3. The smallest absolute Gasteiger partial charge is 0.338 e. The highest BCUT2D eigenvalue weighted by atomic mass is 16.6. The maximum absolute atomic E-state index is 12.7. The van der Waals surface area contributed by atoms with Gasteiger partial charge in [-0.15, -0.1) is 0 Å². The summed E-state index contributed by atoms with van der Waals surface area (Å²) in [5, 5.41) is 10.7. The van der Waals surface area contributed by atoms with Crippen molar-refractivity contribution in [1.82, 2.24) is 0 Å². The standard InChI is InChI=1S/C37H46O12/c38-32(26-10-3-1-4-11-26)44-18-20-46-34(40)28-14-7-8-15-29(24-28)35(41)47-22-23-49-37(43)31-17-9-16-30(25-31)36(42)48-21-19-45-33(39)27-12-5-2-6-13-27/h1,3-4,9-11,16-17,25,27-29,35,41H,2,5-8,12-15,18-24H2. The number of esters is 5. The highest BCUT2D eigenvalue weighted by molar-refractivity contribution is 5.95. The average Bonchev–Trinajstić information content (AvgIpc) is 3.41. The fraction of sp³-hybridized carbons (Fsp3) is 0.541. The molecule has 0 spiro atoms. The van der Waals surface area contributed by atoms with Crippen LogP contribution in [0.2, 0.25) is 0 Å². The molecule has 2 aromatic rings. The molecular weight excluding hydrogens is 636 g/mol. The van der Waals surface area contributed by atoms with E-state index in [-0.39, 0.29) is 68.6 Å². The minimum absolute atomic E-state index is 0.0333. The Morgan fingerprint density at radius 1 is 0.551 bits per heavy atom. The maximum atomic E-state index is 12.7. The number of hydrogen-bond acceptors (Lipinski definition) is 12. The van der Waals surface area contributed by atoms with E-state index < -0.39 is 36.1 Å². The number of aliphatic hydroxyl groups is 1. The number of rotatable bonds is 16. The molecule has 266 valence electrons. The van der Waals surface area contributed by atoms with Crippen molar-refractivity contribution in [3.05, 3.63) is 71.3 Å². The number of carbonyl (C=O) groups excluding carboxylic acids is 5. The van der Waals surface area contributed by atoms with Crippen LogP contribution in [0.5, 0.6) is 0 Å². The number of benzene rings is 2. The first kappa shape index (κ1) is 37.5. The van der Waals surface area contributed by atoms with E-state index in [1.54, 1.807) is 30.3 Å². The average molecular weight is 683 g/mol. The molecule has 12 nitrogen and oxygen atoms in total. The van der Waals surface area contributed by atoms with E-state index >= 15 is 0 Å². The van der Waals surface area contributed by atoms with Gasteiger partial charge in [0.1, 0.15) is 33.0 Å². The van der Waals surface area contributed by atoms with Gasteiger partial charge in [-0.05, 0) is 62.4 Å². The zero-order chi connectivity index (χ0) is 34.8. The maximum Gasteiger partial charge on any atom is 0.338 e. The largest absolute Gasteiger partial charge is 0.462 e. The molecule has 4 rings (SSSR count). The summed E-state index contributed by atoms with van der Waals surface area (Å²) in [6, 6.07) is 14.4. The Kier molecular flexibility index (Phi) is 15.5. The van der Waals surface area contributed by atoms with Gasteiger partial charge >= 0.3 is 29.8 Å². The van der Waals surface area contributed by atoms with Crippen LogP contribution in [-0.2, 0) is 38.0 Å². The lowest BCUT2D eigenvalue weighted by Gasteiger charge is -2.24. The lowest BCUT2D eigenvalue weighted by molar-refractivity contribution is -0.157. The molecule has 3 unspecified atom stereocenters. The molecular formula is C37H46O12. The van der Waals surface area contributed by atoms with Crippen molar-refractivity contribution in [3.8, 4) is 0 Å². The summed E-state index contributed by atoms with van der Waals surface area (Å²) in [7, 11) is 0. The molecule has 0 aromatic heterocycles. The quantitative estimate of drug-likeness (QED) is 0.0826. The molecule has 2 fully saturated rings. The van der Waals surface area contributed by atoms with Gasteiger partial charge in [-0.3, -0.25) is 9.59 Å². The molecule has 2 saturated carbocycles. The molecule has 0 saturated heterocycles. The number of carbonyl (C=O) groups is 5. The van der Waals surface area contributed by atoms with Gasteiger partial charge in [0.15, 0.2) is 6.29 Å². The Balaban J connectivity index is 1.11. The molecule has 0 aliphatic heterocycles. The van der Waals surface area contributed by atoms with E-state index in [0.29, 0.717) is 24.8 Å². The van der Waals surface area contributed by atoms with Gasteiger partial charge in [0, 0.05) is 5.92 Å². The van der Waals surface area contributed by atoms with Crippen LogP contribution in [0.25, 0.3) is 0 Å². The Hall–Kier alpha value is -4.29. The van der Waals surface area contributed by atoms with E-state index in [1.165, 1.54) is 24.3 Å². The molecule has 2 aromatic carbocycles. The van der Waals surface area contributed by atoms with Crippen molar-refractivity contribution in [2.24, 2.45) is 17.8 Å². The summed E-state index contributed by atoms with van der Waals surface area (Å²) in [6.07, 6.45) is 6.90. The van der Waals surface area contributed by atoms with Crippen molar-refractivity contribution in [3.63, 3.8) is 0 Å². The van der Waals surface area contributed by atoms with Crippen LogP contribution in [0, 0.1) is 17.8 Å². The van der Waals surface area contributed by atoms with Gasteiger partial charge in [-0.1, -0.05) is 56.4 Å². The fourth-order valence-electron chi connectivity index (χ4n) is 6.04. The van der Waals surface area contributed by atoms with Crippen LogP contribution in [0.1, 0.15) is 95.3 Å². The van der Waals surface area contributed by atoms with Crippen LogP contribution >= 0.6 is 0 Å². The monoisotopic (exact) mass is 682 g/mol. The summed E-state index contributed by atoms with van der Waals surface area (Å²) in [4.78, 5) is 62.0. The summed E-state index contributed by atoms with van der Waals surface area (Å²) >= 11 is 0. The van der Waals surface area contributed by atoms with Gasteiger partial charge in [-0.25, -0.2) is 14.4 Å². The molecule has 12 heteroatoms. The SMILES string of the molecule is O=C(OCCOC(=O)C1CCCCC1)c1cccc(C(=O)OCCOC(O)C2CCCCC(C(=O)OCCOC(=O)c3ccccc3)C2)c1. The topological polar surface area (TPSA) is 161 Å². The van der Waals surface area contributed by atoms with Crippen molar-refractivity contribution in [1.29, 1.82) is 0 Å². The Labute approximate surface area is 286 Å². The number of hydrogen-bond donors (Lipinski definition) is 1. The van der Waals surface area contributed by atoms with Gasteiger partial charge in [0.25, 0.3) is 0 Å². The number of aliphatic hydroxyl groups excluding tert-OH is 1. The summed E-state index contributed by atoms with van der Waals surface area (Å²) in [5.41, 5.74) is 0.700. The van der Waals surface area contributed by atoms with Crippen LogP contribution in [0.15, 0.2) is 54.6 Å². The van der Waals surface area contributed by atoms with Crippen LogP contribution in [0.3, 0.4) is 0 Å². The van der Waals surface area contributed by atoms with Crippen LogP contribution < -0.4 is 0 Å². The minimum Gasteiger partial charge on any atom is -0.462 e. The highest BCUT2D eigenvalue weighted by Crippen LogP contribution is 2.31. The second-order valence-corrected chi connectivity index (χ2v) is 12.3. The third-order valence-electron chi connectivity index (χ3n) is 8.71. The van der Waals surface area contributed by atoms with Gasteiger partial charge in [-0.2, -0.15) is 0 Å². The van der Waals surface area contributed by atoms with Gasteiger partial charge in [0.2, 0.25) is 0 Å². The molecule has 1 N–H and O–H groups in total. The van der Waals surface area contributed by atoms with E-state index in [9.17, 15) is 29.1 Å². The first-order valence-electron chi connectivity index (χ1n) is 17.1. The van der Waals surface area contributed by atoms with Crippen molar-refractivity contribution < 1.29 is 57.5 Å². The second kappa shape index (κ2) is 20.3. The Morgan fingerprint density at radius 2 is 1.02 bits per heavy atom. The Bertz CT molecular complexity index is 1370. The third-order valence-corrected chi connectivity index (χ3v) is 8.71. The predicted octanol–water partition coefficient (Wildman–Crippen LogP) is 5.06. The molecule has 0 amide bonds. The molecule has 49 heavy (non-hydrogen) atoms. The number of ether oxygens (including phenoxy) is 6. The first-order chi connectivity index (χ1) is 23.8. The zero-order valence-corrected chi connectivity index (χ0v) is 27.8. The molecule has 3 atom stereocenters. The van der Waals surface area contributed by atoms with Crippen LogP contribution in [0.4, 0.5) is 0 Å². The van der Waals surface area contributed by atoms with E-state index in [4.69, 9.17) is 28.4 Å². The van der Waals surface area contributed by atoms with E-state index in [1.807, 2.05) is 0 Å². The van der Waals surface area contributed by atoms with E-state index in [0.717, 1.165) is 44.9 Å². The lowest BCUT2D eigenvalue weighted by atomic mass is 9.89. The summed E-state index contributed by atoms with van der Waals surface area (Å²) in [5.74, 6) is -3.33. The molecule has 0 heterocycles. The van der Waals surface area contributed by atoms with Crippen molar-refractivity contribution in [2.75, 3.05) is 39.6 Å². The van der Waals surface area contributed by atoms with Crippen LogP contribution in [-0.4, -0.2) is 80.9 Å². The van der Waals surface area contributed by atoms with Gasteiger partial charge < -0.3 is 33.5 Å². The fourth-order valence-corrected chi connectivity index (χ4v) is 6.04. The van der Waals surface area contributed by atoms with E-state index in [2.05, 4.69) is 0 Å². The third kappa shape index (κ3) is 12.6.